The van der Waals surface area contributed by atoms with Crippen LogP contribution in [0.15, 0.2) is 11.1 Å². The van der Waals surface area contributed by atoms with E-state index in [1.54, 1.807) is 0 Å². The molecule has 0 N–H and O–H groups in total. The topological polar surface area (TPSA) is 0 Å². The van der Waals surface area contributed by atoms with Gasteiger partial charge in [-0.15, -0.1) is 0 Å². The van der Waals surface area contributed by atoms with Gasteiger partial charge in [-0.05, 0) is 18.3 Å². The molecule has 0 aliphatic heterocycles. The molecular formula is C10H17Cl. The minimum atomic E-state index is 0.219. The average Bonchev–Trinajstić information content (AvgIpc) is 1.81. The highest BCUT2D eigenvalue weighted by Gasteiger charge is 2.31. The Balaban J connectivity index is 2.89. The van der Waals surface area contributed by atoms with Crippen LogP contribution in [0.5, 0.6) is 0 Å². The first-order valence-electron chi connectivity index (χ1n) is 4.22. The van der Waals surface area contributed by atoms with E-state index in [0.717, 1.165) is 5.03 Å². The van der Waals surface area contributed by atoms with Crippen LogP contribution in [-0.2, 0) is 0 Å². The first-order valence-corrected chi connectivity index (χ1v) is 4.60. The van der Waals surface area contributed by atoms with Crippen LogP contribution in [0.2, 0.25) is 0 Å². The maximum absolute atomic E-state index is 6.15. The van der Waals surface area contributed by atoms with Crippen molar-refractivity contribution >= 4 is 11.6 Å². The summed E-state index contributed by atoms with van der Waals surface area (Å²) in [6.07, 6.45) is 4.66. The molecule has 1 aliphatic carbocycles. The van der Waals surface area contributed by atoms with Crippen molar-refractivity contribution in [1.29, 1.82) is 0 Å². The van der Waals surface area contributed by atoms with E-state index < -0.39 is 0 Å². The van der Waals surface area contributed by atoms with Gasteiger partial charge in [0.25, 0.3) is 0 Å². The number of rotatable bonds is 0. The lowest BCUT2D eigenvalue weighted by Gasteiger charge is -2.36. The molecule has 0 saturated carbocycles. The van der Waals surface area contributed by atoms with Gasteiger partial charge >= 0.3 is 0 Å². The minimum absolute atomic E-state index is 0.219. The van der Waals surface area contributed by atoms with Crippen LogP contribution in [0, 0.1) is 10.8 Å². The van der Waals surface area contributed by atoms with E-state index in [9.17, 15) is 0 Å². The second-order valence-corrected chi connectivity index (χ2v) is 5.27. The molecule has 0 aromatic rings. The zero-order valence-corrected chi connectivity index (χ0v) is 8.63. The Kier molecular flexibility index (Phi) is 2.09. The Labute approximate surface area is 74.6 Å². The minimum Gasteiger partial charge on any atom is -0.0889 e. The zero-order chi connectivity index (χ0) is 8.70. The van der Waals surface area contributed by atoms with Crippen LogP contribution < -0.4 is 0 Å². The van der Waals surface area contributed by atoms with E-state index in [2.05, 4.69) is 33.8 Å². The molecular weight excluding hydrogens is 156 g/mol. The third-order valence-electron chi connectivity index (χ3n) is 2.56. The Hall–Kier alpha value is 0.0300. The van der Waals surface area contributed by atoms with Crippen LogP contribution in [0.25, 0.3) is 0 Å². The monoisotopic (exact) mass is 172 g/mol. The Morgan fingerprint density at radius 1 is 1.18 bits per heavy atom. The molecule has 1 heteroatoms. The largest absolute Gasteiger partial charge is 0.0889 e. The molecule has 0 saturated heterocycles. The maximum Gasteiger partial charge on any atom is 0.0202 e. The van der Waals surface area contributed by atoms with Gasteiger partial charge < -0.3 is 0 Å². The lowest BCUT2D eigenvalue weighted by atomic mass is 9.72. The van der Waals surface area contributed by atoms with E-state index in [1.165, 1.54) is 12.8 Å². The molecule has 0 unspecified atom stereocenters. The fourth-order valence-corrected chi connectivity index (χ4v) is 1.75. The molecule has 0 aromatic carbocycles. The van der Waals surface area contributed by atoms with E-state index in [0.29, 0.717) is 5.41 Å². The van der Waals surface area contributed by atoms with Gasteiger partial charge in [-0.25, -0.2) is 0 Å². The lowest BCUT2D eigenvalue weighted by Crippen LogP contribution is -2.23. The number of allylic oxidation sites excluding steroid dienone is 2. The van der Waals surface area contributed by atoms with Crippen LogP contribution >= 0.6 is 11.6 Å². The van der Waals surface area contributed by atoms with Gasteiger partial charge in [-0.2, -0.15) is 0 Å². The second-order valence-electron chi connectivity index (χ2n) is 4.86. The van der Waals surface area contributed by atoms with Gasteiger partial charge in [0, 0.05) is 10.4 Å². The van der Waals surface area contributed by atoms with Crippen molar-refractivity contribution in [3.63, 3.8) is 0 Å². The van der Waals surface area contributed by atoms with Crippen molar-refractivity contribution in [2.75, 3.05) is 0 Å². The van der Waals surface area contributed by atoms with E-state index >= 15 is 0 Å². The summed E-state index contributed by atoms with van der Waals surface area (Å²) in [5.41, 5.74) is 0.531. The van der Waals surface area contributed by atoms with Gasteiger partial charge in [0.05, 0.1) is 0 Å². The molecule has 64 valence electrons. The quantitative estimate of drug-likeness (QED) is 0.519. The molecule has 0 amide bonds. The van der Waals surface area contributed by atoms with Crippen molar-refractivity contribution in [2.45, 2.75) is 40.5 Å². The van der Waals surface area contributed by atoms with Crippen molar-refractivity contribution in [3.05, 3.63) is 11.1 Å². The van der Waals surface area contributed by atoms with E-state index in [1.807, 2.05) is 0 Å². The van der Waals surface area contributed by atoms with Crippen molar-refractivity contribution in [2.24, 2.45) is 10.8 Å². The Morgan fingerprint density at radius 2 is 1.73 bits per heavy atom. The van der Waals surface area contributed by atoms with Crippen molar-refractivity contribution in [1.82, 2.24) is 0 Å². The second kappa shape index (κ2) is 2.52. The standard InChI is InChI=1S/C10H17Cl/c1-9(2)5-6-10(3,4)8(11)7-9/h7H,5-6H2,1-4H3. The Bertz CT molecular complexity index is 187. The van der Waals surface area contributed by atoms with Gasteiger partial charge in [0.15, 0.2) is 0 Å². The fourth-order valence-electron chi connectivity index (χ4n) is 1.36. The highest BCUT2D eigenvalue weighted by atomic mass is 35.5. The normalized spacial score (nSPS) is 27.9. The van der Waals surface area contributed by atoms with Gasteiger partial charge in [0.1, 0.15) is 0 Å². The summed E-state index contributed by atoms with van der Waals surface area (Å²) in [7, 11) is 0. The molecule has 0 aromatic heterocycles. The number of hydrogen-bond acceptors (Lipinski definition) is 0. The van der Waals surface area contributed by atoms with Gasteiger partial charge in [-0.3, -0.25) is 0 Å². The fraction of sp³-hybridized carbons (Fsp3) is 0.800. The third kappa shape index (κ3) is 1.99. The summed E-state index contributed by atoms with van der Waals surface area (Å²) in [5.74, 6) is 0. The molecule has 1 aliphatic rings. The van der Waals surface area contributed by atoms with Gasteiger partial charge in [0.2, 0.25) is 0 Å². The first kappa shape index (κ1) is 9.12. The predicted octanol–water partition coefficient (Wildman–Crippen LogP) is 3.96. The van der Waals surface area contributed by atoms with Crippen molar-refractivity contribution < 1.29 is 0 Å². The summed E-state index contributed by atoms with van der Waals surface area (Å²) in [6.45, 7) is 8.90. The van der Waals surface area contributed by atoms with Crippen LogP contribution in [0.3, 0.4) is 0 Å². The third-order valence-corrected chi connectivity index (χ3v) is 3.18. The highest BCUT2D eigenvalue weighted by molar-refractivity contribution is 6.30. The smallest absolute Gasteiger partial charge is 0.0202 e. The van der Waals surface area contributed by atoms with E-state index in [-0.39, 0.29) is 5.41 Å². The number of halogens is 1. The Morgan fingerprint density at radius 3 is 2.09 bits per heavy atom. The molecule has 1 rings (SSSR count). The molecule has 11 heavy (non-hydrogen) atoms. The number of hydrogen-bond donors (Lipinski definition) is 0. The molecule has 0 nitrogen and oxygen atoms in total. The molecule has 0 atom stereocenters. The molecule has 0 radical (unpaired) electrons. The maximum atomic E-state index is 6.15. The SMILES string of the molecule is CC1(C)C=C(Cl)C(C)(C)CC1. The predicted molar refractivity (Wildman–Crippen MR) is 50.7 cm³/mol. The molecule has 0 fully saturated rings. The summed E-state index contributed by atoms with van der Waals surface area (Å²) >= 11 is 6.15. The van der Waals surface area contributed by atoms with Gasteiger partial charge in [-0.1, -0.05) is 45.4 Å². The highest BCUT2D eigenvalue weighted by Crippen LogP contribution is 2.45. The summed E-state index contributed by atoms with van der Waals surface area (Å²) in [6, 6.07) is 0. The molecule has 0 bridgehead atoms. The summed E-state index contributed by atoms with van der Waals surface area (Å²) in [4.78, 5) is 0. The summed E-state index contributed by atoms with van der Waals surface area (Å²) < 4.78 is 0. The first-order chi connectivity index (χ1) is 4.83. The van der Waals surface area contributed by atoms with Crippen LogP contribution in [0.1, 0.15) is 40.5 Å². The average molecular weight is 173 g/mol. The van der Waals surface area contributed by atoms with E-state index in [4.69, 9.17) is 11.6 Å². The summed E-state index contributed by atoms with van der Waals surface area (Å²) in [5, 5.41) is 1.04. The lowest BCUT2D eigenvalue weighted by molar-refractivity contribution is 0.292. The molecule has 0 spiro atoms. The molecule has 0 heterocycles. The van der Waals surface area contributed by atoms with Crippen LogP contribution in [-0.4, -0.2) is 0 Å². The zero-order valence-electron chi connectivity index (χ0n) is 7.87. The van der Waals surface area contributed by atoms with Crippen LogP contribution in [0.4, 0.5) is 0 Å². The van der Waals surface area contributed by atoms with Crippen molar-refractivity contribution in [3.8, 4) is 0 Å².